The van der Waals surface area contributed by atoms with Gasteiger partial charge in [-0.3, -0.25) is 14.8 Å². The molecule has 1 atom stereocenters. The van der Waals surface area contributed by atoms with Gasteiger partial charge in [-0.1, -0.05) is 0 Å². The Morgan fingerprint density at radius 3 is 3.20 bits per heavy atom. The Morgan fingerprint density at radius 2 is 2.45 bits per heavy atom. The normalized spacial score (nSPS) is 18.1. The number of ether oxygens (including phenoxy) is 1. The minimum absolute atomic E-state index is 0.136. The minimum Gasteiger partial charge on any atom is -0.376 e. The number of rotatable bonds is 4. The first-order valence-electron chi connectivity index (χ1n) is 6.44. The SMILES string of the molecule is O=C(NCC1CCCO1)c1csc(-c2cnccn2)n1. The molecule has 1 N–H and O–H groups in total. The van der Waals surface area contributed by atoms with E-state index in [0.717, 1.165) is 19.4 Å². The van der Waals surface area contributed by atoms with E-state index in [4.69, 9.17) is 4.74 Å². The van der Waals surface area contributed by atoms with E-state index in [9.17, 15) is 4.79 Å². The first kappa shape index (κ1) is 13.1. The lowest BCUT2D eigenvalue weighted by Gasteiger charge is -2.09. The van der Waals surface area contributed by atoms with Crippen LogP contribution in [0.1, 0.15) is 23.3 Å². The maximum absolute atomic E-state index is 12.0. The van der Waals surface area contributed by atoms with Crippen molar-refractivity contribution in [1.29, 1.82) is 0 Å². The fraction of sp³-hybridized carbons (Fsp3) is 0.385. The molecule has 0 aliphatic carbocycles. The van der Waals surface area contributed by atoms with Gasteiger partial charge in [-0.25, -0.2) is 4.98 Å². The Balaban J connectivity index is 1.62. The molecule has 3 rings (SSSR count). The molecule has 0 aromatic carbocycles. The molecule has 0 spiro atoms. The van der Waals surface area contributed by atoms with Gasteiger partial charge in [0.05, 0.1) is 12.3 Å². The van der Waals surface area contributed by atoms with Crippen LogP contribution < -0.4 is 5.32 Å². The molecule has 104 valence electrons. The number of hydrogen-bond acceptors (Lipinski definition) is 6. The molecule has 6 nitrogen and oxygen atoms in total. The van der Waals surface area contributed by atoms with Gasteiger partial charge in [-0.15, -0.1) is 11.3 Å². The molecule has 2 aromatic rings. The predicted molar refractivity (Wildman–Crippen MR) is 74.4 cm³/mol. The first-order chi connectivity index (χ1) is 9.83. The van der Waals surface area contributed by atoms with Gasteiger partial charge in [0.25, 0.3) is 5.91 Å². The van der Waals surface area contributed by atoms with E-state index in [-0.39, 0.29) is 12.0 Å². The lowest BCUT2D eigenvalue weighted by Crippen LogP contribution is -2.31. The van der Waals surface area contributed by atoms with Gasteiger partial charge in [0, 0.05) is 30.9 Å². The number of aromatic nitrogens is 3. The summed E-state index contributed by atoms with van der Waals surface area (Å²) in [6, 6.07) is 0. The zero-order valence-electron chi connectivity index (χ0n) is 10.8. The van der Waals surface area contributed by atoms with Crippen LogP contribution in [0.4, 0.5) is 0 Å². The molecule has 0 saturated carbocycles. The molecular weight excluding hydrogens is 276 g/mol. The fourth-order valence-corrected chi connectivity index (χ4v) is 2.77. The lowest BCUT2D eigenvalue weighted by molar-refractivity contribution is 0.0854. The van der Waals surface area contributed by atoms with E-state index in [1.807, 2.05) is 0 Å². The molecule has 3 heterocycles. The Hall–Kier alpha value is -1.86. The Kier molecular flexibility index (Phi) is 3.98. The molecule has 1 amide bonds. The van der Waals surface area contributed by atoms with Gasteiger partial charge in [0.2, 0.25) is 0 Å². The second kappa shape index (κ2) is 6.06. The number of nitrogens with zero attached hydrogens (tertiary/aromatic N) is 3. The highest BCUT2D eigenvalue weighted by molar-refractivity contribution is 7.13. The molecule has 0 radical (unpaired) electrons. The number of hydrogen-bond donors (Lipinski definition) is 1. The summed E-state index contributed by atoms with van der Waals surface area (Å²) in [6.07, 6.45) is 7.04. The second-order valence-electron chi connectivity index (χ2n) is 4.47. The third-order valence-electron chi connectivity index (χ3n) is 3.03. The van der Waals surface area contributed by atoms with Crippen molar-refractivity contribution in [3.63, 3.8) is 0 Å². The highest BCUT2D eigenvalue weighted by Crippen LogP contribution is 2.20. The summed E-state index contributed by atoms with van der Waals surface area (Å²) < 4.78 is 5.46. The summed E-state index contributed by atoms with van der Waals surface area (Å²) in [5.41, 5.74) is 1.09. The largest absolute Gasteiger partial charge is 0.376 e. The van der Waals surface area contributed by atoms with Crippen LogP contribution in [-0.4, -0.2) is 40.1 Å². The molecule has 1 aliphatic rings. The third kappa shape index (κ3) is 3.00. The van der Waals surface area contributed by atoms with Gasteiger partial charge in [-0.2, -0.15) is 0 Å². The molecule has 1 unspecified atom stereocenters. The standard InChI is InChI=1S/C13H14N4O2S/c18-12(16-6-9-2-1-5-19-9)11-8-20-13(17-11)10-7-14-3-4-15-10/h3-4,7-9H,1-2,5-6H2,(H,16,18). The minimum atomic E-state index is -0.174. The van der Waals surface area contributed by atoms with Gasteiger partial charge in [-0.05, 0) is 12.8 Å². The van der Waals surface area contributed by atoms with E-state index in [1.54, 1.807) is 24.0 Å². The number of carbonyl (C=O) groups is 1. The molecule has 2 aromatic heterocycles. The van der Waals surface area contributed by atoms with E-state index in [0.29, 0.717) is 22.9 Å². The van der Waals surface area contributed by atoms with Gasteiger partial charge in [0.15, 0.2) is 0 Å². The topological polar surface area (TPSA) is 77.0 Å². The number of carbonyl (C=O) groups excluding carboxylic acids is 1. The summed E-state index contributed by atoms with van der Waals surface area (Å²) in [4.78, 5) is 24.4. The highest BCUT2D eigenvalue weighted by atomic mass is 32.1. The summed E-state index contributed by atoms with van der Waals surface area (Å²) in [5, 5.41) is 5.28. The Morgan fingerprint density at radius 1 is 1.50 bits per heavy atom. The van der Waals surface area contributed by atoms with Crippen molar-refractivity contribution < 1.29 is 9.53 Å². The number of thiazole rings is 1. The Bertz CT molecular complexity index is 581. The summed E-state index contributed by atoms with van der Waals surface area (Å²) >= 11 is 1.38. The Labute approximate surface area is 120 Å². The highest BCUT2D eigenvalue weighted by Gasteiger charge is 2.18. The zero-order chi connectivity index (χ0) is 13.8. The predicted octanol–water partition coefficient (Wildman–Crippen LogP) is 1.51. The third-order valence-corrected chi connectivity index (χ3v) is 3.90. The fourth-order valence-electron chi connectivity index (χ4n) is 2.01. The zero-order valence-corrected chi connectivity index (χ0v) is 11.6. The molecular formula is C13H14N4O2S. The second-order valence-corrected chi connectivity index (χ2v) is 5.33. The molecule has 0 bridgehead atoms. The van der Waals surface area contributed by atoms with Crippen LogP contribution in [-0.2, 0) is 4.74 Å². The van der Waals surface area contributed by atoms with Crippen molar-refractivity contribution in [2.75, 3.05) is 13.2 Å². The maximum atomic E-state index is 12.0. The summed E-state index contributed by atoms with van der Waals surface area (Å²) in [5.74, 6) is -0.174. The molecule has 1 aliphatic heterocycles. The monoisotopic (exact) mass is 290 g/mol. The average Bonchev–Trinajstić information content (AvgIpc) is 3.17. The molecule has 7 heteroatoms. The number of amides is 1. The van der Waals surface area contributed by atoms with E-state index >= 15 is 0 Å². The van der Waals surface area contributed by atoms with Gasteiger partial charge in [0.1, 0.15) is 16.4 Å². The van der Waals surface area contributed by atoms with Crippen molar-refractivity contribution in [2.24, 2.45) is 0 Å². The van der Waals surface area contributed by atoms with Gasteiger partial charge >= 0.3 is 0 Å². The summed E-state index contributed by atoms with van der Waals surface area (Å²) in [6.45, 7) is 1.32. The summed E-state index contributed by atoms with van der Waals surface area (Å²) in [7, 11) is 0. The van der Waals surface area contributed by atoms with Crippen molar-refractivity contribution in [1.82, 2.24) is 20.3 Å². The maximum Gasteiger partial charge on any atom is 0.270 e. The van der Waals surface area contributed by atoms with Crippen LogP contribution in [0.25, 0.3) is 10.7 Å². The van der Waals surface area contributed by atoms with Crippen molar-refractivity contribution in [3.05, 3.63) is 29.7 Å². The number of nitrogens with one attached hydrogen (secondary N) is 1. The quantitative estimate of drug-likeness (QED) is 0.923. The van der Waals surface area contributed by atoms with Crippen molar-refractivity contribution in [2.45, 2.75) is 18.9 Å². The van der Waals surface area contributed by atoms with E-state index in [1.165, 1.54) is 11.3 Å². The van der Waals surface area contributed by atoms with E-state index in [2.05, 4.69) is 20.3 Å². The van der Waals surface area contributed by atoms with Crippen LogP contribution in [0.5, 0.6) is 0 Å². The van der Waals surface area contributed by atoms with Crippen LogP contribution in [0.3, 0.4) is 0 Å². The molecule has 1 saturated heterocycles. The van der Waals surface area contributed by atoms with Crippen LogP contribution in [0.2, 0.25) is 0 Å². The van der Waals surface area contributed by atoms with Crippen LogP contribution in [0.15, 0.2) is 24.0 Å². The molecule has 1 fully saturated rings. The lowest BCUT2D eigenvalue weighted by atomic mass is 10.2. The smallest absolute Gasteiger partial charge is 0.270 e. The average molecular weight is 290 g/mol. The van der Waals surface area contributed by atoms with Crippen molar-refractivity contribution >= 4 is 17.2 Å². The van der Waals surface area contributed by atoms with Crippen LogP contribution in [0, 0.1) is 0 Å². The van der Waals surface area contributed by atoms with Gasteiger partial charge < -0.3 is 10.1 Å². The first-order valence-corrected chi connectivity index (χ1v) is 7.32. The van der Waals surface area contributed by atoms with Crippen molar-refractivity contribution in [3.8, 4) is 10.7 Å². The molecule has 20 heavy (non-hydrogen) atoms. The van der Waals surface area contributed by atoms with E-state index < -0.39 is 0 Å². The van der Waals surface area contributed by atoms with Crippen LogP contribution >= 0.6 is 11.3 Å².